The molecule has 6 heteroatoms. The zero-order chi connectivity index (χ0) is 11.1. The van der Waals surface area contributed by atoms with Gasteiger partial charge >= 0.3 is 0 Å². The van der Waals surface area contributed by atoms with E-state index in [9.17, 15) is 4.79 Å². The number of ether oxygens (including phenoxy) is 2. The standard InChI is InChI=1S/C10H20N2O3.ClH/c1-12(4-6-14-2)10(13)7-9-8-11-3-5-15-9;/h9,11H,3-8H2,1-2H3;1H. The first-order valence-electron chi connectivity index (χ1n) is 5.29. The molecule has 0 spiro atoms. The van der Waals surface area contributed by atoms with Crippen LogP contribution < -0.4 is 5.32 Å². The number of hydrogen-bond acceptors (Lipinski definition) is 4. The molecule has 0 aromatic rings. The van der Waals surface area contributed by atoms with E-state index in [4.69, 9.17) is 9.47 Å². The number of carbonyl (C=O) groups is 1. The molecule has 1 aliphatic rings. The molecule has 96 valence electrons. The van der Waals surface area contributed by atoms with Crippen LogP contribution >= 0.6 is 12.4 Å². The lowest BCUT2D eigenvalue weighted by atomic mass is 10.2. The van der Waals surface area contributed by atoms with Gasteiger partial charge in [0.2, 0.25) is 5.91 Å². The second-order valence-electron chi connectivity index (χ2n) is 3.71. The van der Waals surface area contributed by atoms with Crippen molar-refractivity contribution in [1.29, 1.82) is 0 Å². The fourth-order valence-corrected chi connectivity index (χ4v) is 1.45. The summed E-state index contributed by atoms with van der Waals surface area (Å²) >= 11 is 0. The fraction of sp³-hybridized carbons (Fsp3) is 0.900. The molecule has 5 nitrogen and oxygen atoms in total. The van der Waals surface area contributed by atoms with Crippen LogP contribution in [0.3, 0.4) is 0 Å². The minimum Gasteiger partial charge on any atom is -0.383 e. The zero-order valence-electron chi connectivity index (χ0n) is 9.90. The van der Waals surface area contributed by atoms with Gasteiger partial charge in [-0.25, -0.2) is 0 Å². The number of rotatable bonds is 5. The third-order valence-corrected chi connectivity index (χ3v) is 2.46. The second kappa shape index (κ2) is 8.75. The van der Waals surface area contributed by atoms with E-state index in [1.807, 2.05) is 0 Å². The maximum absolute atomic E-state index is 11.7. The molecule has 1 unspecified atom stereocenters. The first-order valence-corrected chi connectivity index (χ1v) is 5.29. The van der Waals surface area contributed by atoms with Crippen LogP contribution in [-0.2, 0) is 14.3 Å². The van der Waals surface area contributed by atoms with Gasteiger partial charge in [-0.2, -0.15) is 0 Å². The Hall–Kier alpha value is -0.360. The molecule has 1 rings (SSSR count). The van der Waals surface area contributed by atoms with Gasteiger partial charge in [0.05, 0.1) is 25.7 Å². The maximum Gasteiger partial charge on any atom is 0.225 e. The lowest BCUT2D eigenvalue weighted by Crippen LogP contribution is -2.42. The van der Waals surface area contributed by atoms with E-state index < -0.39 is 0 Å². The highest BCUT2D eigenvalue weighted by Crippen LogP contribution is 2.03. The van der Waals surface area contributed by atoms with Gasteiger partial charge in [-0.15, -0.1) is 12.4 Å². The van der Waals surface area contributed by atoms with Crippen LogP contribution in [0.15, 0.2) is 0 Å². The van der Waals surface area contributed by atoms with Crippen molar-refractivity contribution < 1.29 is 14.3 Å². The van der Waals surface area contributed by atoms with Crippen molar-refractivity contribution in [2.45, 2.75) is 12.5 Å². The lowest BCUT2D eigenvalue weighted by molar-refractivity contribution is -0.133. The number of methoxy groups -OCH3 is 1. The molecule has 16 heavy (non-hydrogen) atoms. The molecule has 0 aliphatic carbocycles. The van der Waals surface area contributed by atoms with Crippen LogP contribution in [0.1, 0.15) is 6.42 Å². The highest BCUT2D eigenvalue weighted by atomic mass is 35.5. The molecule has 1 atom stereocenters. The Labute approximate surface area is 103 Å². The Bertz CT molecular complexity index is 199. The molecule has 0 bridgehead atoms. The SMILES string of the molecule is COCCN(C)C(=O)CC1CNCCO1.Cl. The molecule has 1 fully saturated rings. The van der Waals surface area contributed by atoms with Gasteiger partial charge in [0.25, 0.3) is 0 Å². The lowest BCUT2D eigenvalue weighted by Gasteiger charge is -2.25. The summed E-state index contributed by atoms with van der Waals surface area (Å²) in [6, 6.07) is 0. The van der Waals surface area contributed by atoms with Crippen LogP contribution in [0.2, 0.25) is 0 Å². The Morgan fingerprint density at radius 3 is 2.94 bits per heavy atom. The van der Waals surface area contributed by atoms with E-state index in [1.54, 1.807) is 19.1 Å². The Morgan fingerprint density at radius 2 is 2.38 bits per heavy atom. The van der Waals surface area contributed by atoms with Crippen molar-refractivity contribution in [2.24, 2.45) is 0 Å². The number of morpholine rings is 1. The normalized spacial score (nSPS) is 20.0. The van der Waals surface area contributed by atoms with Crippen LogP contribution in [0.5, 0.6) is 0 Å². The molecule has 1 amide bonds. The summed E-state index contributed by atoms with van der Waals surface area (Å²) in [6.07, 6.45) is 0.476. The highest BCUT2D eigenvalue weighted by Gasteiger charge is 2.19. The van der Waals surface area contributed by atoms with Gasteiger partial charge in [0.15, 0.2) is 0 Å². The van der Waals surface area contributed by atoms with Gasteiger partial charge < -0.3 is 19.7 Å². The number of carbonyl (C=O) groups excluding carboxylic acids is 1. The third-order valence-electron chi connectivity index (χ3n) is 2.46. The summed E-state index contributed by atoms with van der Waals surface area (Å²) in [6.45, 7) is 3.55. The number of hydrogen-bond donors (Lipinski definition) is 1. The van der Waals surface area contributed by atoms with E-state index in [0.717, 1.165) is 13.1 Å². The molecule has 0 radical (unpaired) electrons. The summed E-state index contributed by atoms with van der Waals surface area (Å²) in [7, 11) is 3.42. The molecule has 1 aliphatic heterocycles. The Morgan fingerprint density at radius 1 is 1.62 bits per heavy atom. The number of nitrogens with one attached hydrogen (secondary N) is 1. The van der Waals surface area contributed by atoms with Crippen LogP contribution in [0.4, 0.5) is 0 Å². The van der Waals surface area contributed by atoms with E-state index >= 15 is 0 Å². The first-order chi connectivity index (χ1) is 7.24. The molecular weight excluding hydrogens is 232 g/mol. The van der Waals surface area contributed by atoms with Gasteiger partial charge in [0, 0.05) is 33.8 Å². The van der Waals surface area contributed by atoms with Gasteiger partial charge in [0.1, 0.15) is 0 Å². The minimum absolute atomic E-state index is 0. The number of halogens is 1. The summed E-state index contributed by atoms with van der Waals surface area (Å²) in [5.41, 5.74) is 0. The zero-order valence-corrected chi connectivity index (χ0v) is 10.7. The van der Waals surface area contributed by atoms with Crippen molar-refractivity contribution in [3.8, 4) is 0 Å². The van der Waals surface area contributed by atoms with Crippen molar-refractivity contribution in [3.63, 3.8) is 0 Å². The molecule has 1 N–H and O–H groups in total. The van der Waals surface area contributed by atoms with Gasteiger partial charge in [-0.05, 0) is 0 Å². The molecular formula is C10H21ClN2O3. The van der Waals surface area contributed by atoms with Crippen molar-refractivity contribution in [2.75, 3.05) is 47.0 Å². The van der Waals surface area contributed by atoms with Crippen molar-refractivity contribution in [3.05, 3.63) is 0 Å². The predicted octanol–water partition coefficient (Wildman–Crippen LogP) is -0.108. The topological polar surface area (TPSA) is 50.8 Å². The average molecular weight is 253 g/mol. The summed E-state index contributed by atoms with van der Waals surface area (Å²) < 4.78 is 10.4. The second-order valence-corrected chi connectivity index (χ2v) is 3.71. The van der Waals surface area contributed by atoms with Gasteiger partial charge in [-0.3, -0.25) is 4.79 Å². The molecule has 0 aromatic carbocycles. The average Bonchev–Trinajstić information content (AvgIpc) is 2.27. The maximum atomic E-state index is 11.7. The monoisotopic (exact) mass is 252 g/mol. The molecule has 1 heterocycles. The smallest absolute Gasteiger partial charge is 0.225 e. The van der Waals surface area contributed by atoms with Crippen LogP contribution in [0, 0.1) is 0 Å². The minimum atomic E-state index is 0. The summed E-state index contributed by atoms with van der Waals surface area (Å²) in [4.78, 5) is 13.4. The van der Waals surface area contributed by atoms with E-state index in [-0.39, 0.29) is 24.4 Å². The number of nitrogens with zero attached hydrogens (tertiary/aromatic N) is 1. The molecule has 0 saturated carbocycles. The largest absolute Gasteiger partial charge is 0.383 e. The van der Waals surface area contributed by atoms with Crippen molar-refractivity contribution >= 4 is 18.3 Å². The Kier molecular flexibility index (Phi) is 8.56. The number of likely N-dealkylation sites (N-methyl/N-ethyl adjacent to an activating group) is 1. The summed E-state index contributed by atoms with van der Waals surface area (Å²) in [5, 5.41) is 3.20. The first kappa shape index (κ1) is 15.6. The molecule has 0 aromatic heterocycles. The quantitative estimate of drug-likeness (QED) is 0.742. The van der Waals surface area contributed by atoms with Crippen LogP contribution in [-0.4, -0.2) is 63.9 Å². The van der Waals surface area contributed by atoms with Gasteiger partial charge in [-0.1, -0.05) is 0 Å². The number of amides is 1. The van der Waals surface area contributed by atoms with E-state index in [1.165, 1.54) is 0 Å². The van der Waals surface area contributed by atoms with E-state index in [0.29, 0.717) is 26.2 Å². The highest BCUT2D eigenvalue weighted by molar-refractivity contribution is 5.85. The van der Waals surface area contributed by atoms with Crippen LogP contribution in [0.25, 0.3) is 0 Å². The Balaban J connectivity index is 0.00000225. The summed E-state index contributed by atoms with van der Waals surface area (Å²) in [5.74, 6) is 0.112. The molecule has 1 saturated heterocycles. The van der Waals surface area contributed by atoms with Crippen molar-refractivity contribution in [1.82, 2.24) is 10.2 Å². The third kappa shape index (κ3) is 5.65. The van der Waals surface area contributed by atoms with E-state index in [2.05, 4.69) is 5.32 Å². The fourth-order valence-electron chi connectivity index (χ4n) is 1.45. The predicted molar refractivity (Wildman–Crippen MR) is 64.0 cm³/mol.